The van der Waals surface area contributed by atoms with E-state index in [0.717, 1.165) is 11.1 Å². The second-order valence-electron chi connectivity index (χ2n) is 4.37. The third kappa shape index (κ3) is 2.50. The van der Waals surface area contributed by atoms with Crippen LogP contribution in [0.3, 0.4) is 0 Å². The topological polar surface area (TPSA) is 72.7 Å². The van der Waals surface area contributed by atoms with Gasteiger partial charge in [0.1, 0.15) is 10.5 Å². The lowest BCUT2D eigenvalue weighted by molar-refractivity contribution is 0.0960. The highest BCUT2D eigenvalue weighted by Gasteiger charge is 2.17. The van der Waals surface area contributed by atoms with Crippen LogP contribution in [-0.4, -0.2) is 32.2 Å². The molecule has 0 aromatic carbocycles. The van der Waals surface area contributed by atoms with E-state index in [2.05, 4.69) is 20.4 Å². The molecule has 0 aliphatic heterocycles. The van der Waals surface area contributed by atoms with Crippen molar-refractivity contribution in [1.29, 1.82) is 0 Å². The summed E-state index contributed by atoms with van der Waals surface area (Å²) in [5, 5.41) is 7.87. The molecular formula is C13H12ClN5OS. The molecule has 108 valence electrons. The molecule has 3 aromatic heterocycles. The Morgan fingerprint density at radius 1 is 1.48 bits per heavy atom. The molecular weight excluding hydrogens is 310 g/mol. The van der Waals surface area contributed by atoms with Crippen LogP contribution in [0, 0.1) is 0 Å². The third-order valence-electron chi connectivity index (χ3n) is 2.99. The average molecular weight is 322 g/mol. The van der Waals surface area contributed by atoms with Gasteiger partial charge in [-0.15, -0.1) is 11.3 Å². The van der Waals surface area contributed by atoms with Crippen LogP contribution in [0.25, 0.3) is 21.6 Å². The standard InChI is InChI=1S/C13H12ClN5OS/c1-3-15-11(20)9-6-7-10(8-4-5-16-19(8)2)17-13(14)18-12(7)21-9/h4-6H,3H2,1-2H3,(H,15,20). The minimum absolute atomic E-state index is 0.118. The number of aromatic nitrogens is 4. The number of hydrogen-bond donors (Lipinski definition) is 1. The lowest BCUT2D eigenvalue weighted by Crippen LogP contribution is -2.21. The van der Waals surface area contributed by atoms with Crippen molar-refractivity contribution in [2.24, 2.45) is 7.05 Å². The zero-order valence-electron chi connectivity index (χ0n) is 11.4. The molecule has 0 bridgehead atoms. The number of halogens is 1. The van der Waals surface area contributed by atoms with Gasteiger partial charge in [0.15, 0.2) is 0 Å². The summed E-state index contributed by atoms with van der Waals surface area (Å²) < 4.78 is 1.71. The summed E-state index contributed by atoms with van der Waals surface area (Å²) in [4.78, 5) is 21.7. The molecule has 0 unspecified atom stereocenters. The molecule has 1 amide bonds. The predicted octanol–water partition coefficient (Wildman–Crippen LogP) is 2.49. The van der Waals surface area contributed by atoms with Crippen LogP contribution >= 0.6 is 22.9 Å². The van der Waals surface area contributed by atoms with Gasteiger partial charge in [0.05, 0.1) is 10.6 Å². The quantitative estimate of drug-likeness (QED) is 0.752. The monoisotopic (exact) mass is 321 g/mol. The summed E-state index contributed by atoms with van der Waals surface area (Å²) in [6, 6.07) is 3.64. The molecule has 0 aliphatic carbocycles. The Balaban J connectivity index is 2.21. The van der Waals surface area contributed by atoms with Crippen LogP contribution in [0.4, 0.5) is 0 Å². The maximum Gasteiger partial charge on any atom is 0.261 e. The number of nitrogens with zero attached hydrogens (tertiary/aromatic N) is 4. The van der Waals surface area contributed by atoms with Gasteiger partial charge in [-0.2, -0.15) is 5.10 Å². The van der Waals surface area contributed by atoms with Crippen molar-refractivity contribution in [3.05, 3.63) is 28.5 Å². The molecule has 0 saturated heterocycles. The molecule has 21 heavy (non-hydrogen) atoms. The van der Waals surface area contributed by atoms with Crippen molar-refractivity contribution in [3.63, 3.8) is 0 Å². The number of nitrogens with one attached hydrogen (secondary N) is 1. The number of rotatable bonds is 3. The van der Waals surface area contributed by atoms with E-state index < -0.39 is 0 Å². The normalized spacial score (nSPS) is 11.0. The highest BCUT2D eigenvalue weighted by atomic mass is 35.5. The Bertz CT molecular complexity index is 825. The second-order valence-corrected chi connectivity index (χ2v) is 5.74. The van der Waals surface area contributed by atoms with E-state index in [1.165, 1.54) is 11.3 Å². The Hall–Kier alpha value is -1.99. The van der Waals surface area contributed by atoms with Crippen LogP contribution in [-0.2, 0) is 7.05 Å². The first-order chi connectivity index (χ1) is 10.1. The van der Waals surface area contributed by atoms with E-state index in [-0.39, 0.29) is 11.2 Å². The number of carbonyl (C=O) groups excluding carboxylic acids is 1. The third-order valence-corrected chi connectivity index (χ3v) is 4.19. The lowest BCUT2D eigenvalue weighted by atomic mass is 10.2. The molecule has 3 rings (SSSR count). The molecule has 6 nitrogen and oxygen atoms in total. The molecule has 0 radical (unpaired) electrons. The second kappa shape index (κ2) is 5.42. The van der Waals surface area contributed by atoms with Gasteiger partial charge in [-0.3, -0.25) is 9.48 Å². The fourth-order valence-electron chi connectivity index (χ4n) is 2.06. The Morgan fingerprint density at radius 2 is 2.29 bits per heavy atom. The highest BCUT2D eigenvalue weighted by Crippen LogP contribution is 2.32. The molecule has 0 fully saturated rings. The number of fused-ring (bicyclic) bond motifs is 1. The zero-order chi connectivity index (χ0) is 15.0. The van der Waals surface area contributed by atoms with Gasteiger partial charge in [-0.1, -0.05) is 0 Å². The molecule has 3 aromatic rings. The molecule has 0 spiro atoms. The van der Waals surface area contributed by atoms with Crippen LogP contribution < -0.4 is 5.32 Å². The smallest absolute Gasteiger partial charge is 0.261 e. The number of thiophene rings is 1. The lowest BCUT2D eigenvalue weighted by Gasteiger charge is -2.03. The van der Waals surface area contributed by atoms with Gasteiger partial charge in [0.2, 0.25) is 5.28 Å². The summed E-state index contributed by atoms with van der Waals surface area (Å²) >= 11 is 7.30. The Labute approximate surface area is 129 Å². The van der Waals surface area contributed by atoms with E-state index in [4.69, 9.17) is 11.6 Å². The van der Waals surface area contributed by atoms with Crippen molar-refractivity contribution in [2.75, 3.05) is 6.54 Å². The van der Waals surface area contributed by atoms with Gasteiger partial charge in [0.25, 0.3) is 5.91 Å². The average Bonchev–Trinajstić information content (AvgIpc) is 3.04. The van der Waals surface area contributed by atoms with Gasteiger partial charge in [-0.05, 0) is 30.7 Å². The van der Waals surface area contributed by atoms with E-state index in [9.17, 15) is 4.79 Å². The van der Waals surface area contributed by atoms with Crippen molar-refractivity contribution < 1.29 is 4.79 Å². The summed E-state index contributed by atoms with van der Waals surface area (Å²) in [6.45, 7) is 2.46. The molecule has 1 N–H and O–H groups in total. The summed E-state index contributed by atoms with van der Waals surface area (Å²) in [5.74, 6) is -0.118. The van der Waals surface area contributed by atoms with E-state index in [0.29, 0.717) is 21.9 Å². The van der Waals surface area contributed by atoms with Crippen molar-refractivity contribution >= 4 is 39.1 Å². The van der Waals surface area contributed by atoms with Gasteiger partial charge in [-0.25, -0.2) is 9.97 Å². The largest absolute Gasteiger partial charge is 0.352 e. The van der Waals surface area contributed by atoms with Crippen molar-refractivity contribution in [1.82, 2.24) is 25.1 Å². The molecule has 0 atom stereocenters. The first-order valence-electron chi connectivity index (χ1n) is 6.33. The highest BCUT2D eigenvalue weighted by molar-refractivity contribution is 7.20. The number of hydrogen-bond acceptors (Lipinski definition) is 5. The van der Waals surface area contributed by atoms with Crippen LogP contribution in [0.2, 0.25) is 5.28 Å². The molecule has 3 heterocycles. The molecule has 0 aliphatic rings. The Morgan fingerprint density at radius 3 is 2.95 bits per heavy atom. The first-order valence-corrected chi connectivity index (χ1v) is 7.53. The van der Waals surface area contributed by atoms with E-state index >= 15 is 0 Å². The van der Waals surface area contributed by atoms with E-state index in [1.807, 2.05) is 20.0 Å². The Kier molecular flexibility index (Phi) is 3.60. The minimum Gasteiger partial charge on any atom is -0.352 e. The van der Waals surface area contributed by atoms with Crippen LogP contribution in [0.1, 0.15) is 16.6 Å². The van der Waals surface area contributed by atoms with Crippen LogP contribution in [0.5, 0.6) is 0 Å². The predicted molar refractivity (Wildman–Crippen MR) is 82.6 cm³/mol. The van der Waals surface area contributed by atoms with Gasteiger partial charge in [0, 0.05) is 25.2 Å². The number of amides is 1. The SMILES string of the molecule is CCNC(=O)c1cc2c(-c3ccnn3C)nc(Cl)nc2s1. The summed E-state index contributed by atoms with van der Waals surface area (Å²) in [7, 11) is 1.83. The summed E-state index contributed by atoms with van der Waals surface area (Å²) in [5.41, 5.74) is 1.50. The van der Waals surface area contributed by atoms with Crippen LogP contribution in [0.15, 0.2) is 18.3 Å². The van der Waals surface area contributed by atoms with Crippen molar-refractivity contribution in [2.45, 2.75) is 6.92 Å². The van der Waals surface area contributed by atoms with Gasteiger partial charge >= 0.3 is 0 Å². The fourth-order valence-corrected chi connectivity index (χ4v) is 3.22. The van der Waals surface area contributed by atoms with Gasteiger partial charge < -0.3 is 5.32 Å². The zero-order valence-corrected chi connectivity index (χ0v) is 13.0. The molecule has 8 heteroatoms. The summed E-state index contributed by atoms with van der Waals surface area (Å²) in [6.07, 6.45) is 1.69. The minimum atomic E-state index is -0.118. The number of aryl methyl sites for hydroxylation is 1. The maximum absolute atomic E-state index is 12.0. The van der Waals surface area contributed by atoms with E-state index in [1.54, 1.807) is 16.9 Å². The first kappa shape index (κ1) is 14.0. The molecule has 0 saturated carbocycles. The number of carbonyl (C=O) groups is 1. The van der Waals surface area contributed by atoms with Crippen molar-refractivity contribution in [3.8, 4) is 11.4 Å². The maximum atomic E-state index is 12.0. The fraction of sp³-hybridized carbons (Fsp3) is 0.231.